The Kier molecular flexibility index (Phi) is 4.63. The molecule has 1 aromatic carbocycles. The fraction of sp³-hybridized carbons (Fsp3) is 0.500. The van der Waals surface area contributed by atoms with Crippen molar-refractivity contribution in [3.63, 3.8) is 0 Å². The SMILES string of the molecule is CCC(C)(CO)NCc1cc([N+](=O)[O-])ccc1O. The Balaban J connectivity index is 2.84. The predicted molar refractivity (Wildman–Crippen MR) is 67.4 cm³/mol. The Morgan fingerprint density at radius 3 is 2.67 bits per heavy atom. The van der Waals surface area contributed by atoms with Crippen LogP contribution in [0.2, 0.25) is 0 Å². The van der Waals surface area contributed by atoms with E-state index < -0.39 is 10.5 Å². The van der Waals surface area contributed by atoms with Gasteiger partial charge in [-0.2, -0.15) is 0 Å². The summed E-state index contributed by atoms with van der Waals surface area (Å²) in [6, 6.07) is 3.89. The number of nitrogens with zero attached hydrogens (tertiary/aromatic N) is 1. The third-order valence-electron chi connectivity index (χ3n) is 3.11. The average Bonchev–Trinajstić information content (AvgIpc) is 2.37. The molecule has 3 N–H and O–H groups in total. The van der Waals surface area contributed by atoms with Gasteiger partial charge in [0, 0.05) is 29.8 Å². The first-order chi connectivity index (χ1) is 8.41. The van der Waals surface area contributed by atoms with Gasteiger partial charge in [-0.15, -0.1) is 0 Å². The largest absolute Gasteiger partial charge is 0.508 e. The van der Waals surface area contributed by atoms with Crippen molar-refractivity contribution < 1.29 is 15.1 Å². The highest BCUT2D eigenvalue weighted by atomic mass is 16.6. The maximum Gasteiger partial charge on any atom is 0.270 e. The van der Waals surface area contributed by atoms with Crippen LogP contribution in [0.5, 0.6) is 5.75 Å². The third-order valence-corrected chi connectivity index (χ3v) is 3.11. The zero-order chi connectivity index (χ0) is 13.8. The van der Waals surface area contributed by atoms with E-state index >= 15 is 0 Å². The number of benzene rings is 1. The van der Waals surface area contributed by atoms with Gasteiger partial charge in [0.15, 0.2) is 0 Å². The van der Waals surface area contributed by atoms with Crippen molar-refractivity contribution in [1.29, 1.82) is 0 Å². The van der Waals surface area contributed by atoms with Crippen LogP contribution in [0, 0.1) is 10.1 Å². The number of aliphatic hydroxyl groups excluding tert-OH is 1. The summed E-state index contributed by atoms with van der Waals surface area (Å²) in [7, 11) is 0. The van der Waals surface area contributed by atoms with Gasteiger partial charge in [-0.1, -0.05) is 6.92 Å². The summed E-state index contributed by atoms with van der Waals surface area (Å²) >= 11 is 0. The molecule has 0 bridgehead atoms. The Morgan fingerprint density at radius 1 is 1.50 bits per heavy atom. The van der Waals surface area contributed by atoms with Crippen molar-refractivity contribution in [3.05, 3.63) is 33.9 Å². The second-order valence-electron chi connectivity index (χ2n) is 4.50. The van der Waals surface area contributed by atoms with E-state index in [2.05, 4.69) is 5.32 Å². The van der Waals surface area contributed by atoms with Crippen LogP contribution in [-0.2, 0) is 6.54 Å². The zero-order valence-corrected chi connectivity index (χ0v) is 10.5. The van der Waals surface area contributed by atoms with E-state index in [9.17, 15) is 20.3 Å². The first-order valence-corrected chi connectivity index (χ1v) is 5.74. The van der Waals surface area contributed by atoms with Gasteiger partial charge in [-0.3, -0.25) is 10.1 Å². The lowest BCUT2D eigenvalue weighted by atomic mass is 9.99. The van der Waals surface area contributed by atoms with Crippen LogP contribution in [-0.4, -0.2) is 27.3 Å². The van der Waals surface area contributed by atoms with Gasteiger partial charge < -0.3 is 15.5 Å². The molecule has 1 atom stereocenters. The van der Waals surface area contributed by atoms with E-state index in [1.165, 1.54) is 18.2 Å². The molecule has 0 heterocycles. The Bertz CT molecular complexity index is 430. The van der Waals surface area contributed by atoms with Crippen molar-refractivity contribution in [2.45, 2.75) is 32.4 Å². The molecule has 1 aromatic rings. The normalized spacial score (nSPS) is 14.2. The molecule has 100 valence electrons. The number of phenolic OH excluding ortho intramolecular Hbond substituents is 1. The molecule has 0 radical (unpaired) electrons. The number of hydrogen-bond acceptors (Lipinski definition) is 5. The highest BCUT2D eigenvalue weighted by molar-refractivity contribution is 5.42. The highest BCUT2D eigenvalue weighted by Gasteiger charge is 2.20. The first kappa shape index (κ1) is 14.4. The van der Waals surface area contributed by atoms with Crippen LogP contribution in [0.25, 0.3) is 0 Å². The van der Waals surface area contributed by atoms with Crippen LogP contribution in [0.1, 0.15) is 25.8 Å². The van der Waals surface area contributed by atoms with Crippen LogP contribution in [0.15, 0.2) is 18.2 Å². The molecule has 0 amide bonds. The lowest BCUT2D eigenvalue weighted by Gasteiger charge is -2.27. The van der Waals surface area contributed by atoms with E-state index in [0.717, 1.165) is 0 Å². The molecule has 6 heteroatoms. The monoisotopic (exact) mass is 254 g/mol. The number of nitro groups is 1. The summed E-state index contributed by atoms with van der Waals surface area (Å²) < 4.78 is 0. The van der Waals surface area contributed by atoms with Gasteiger partial charge in [0.2, 0.25) is 0 Å². The summed E-state index contributed by atoms with van der Waals surface area (Å²) in [6.45, 7) is 4.00. The van der Waals surface area contributed by atoms with Gasteiger partial charge in [0.05, 0.1) is 11.5 Å². The van der Waals surface area contributed by atoms with Crippen LogP contribution in [0.4, 0.5) is 5.69 Å². The van der Waals surface area contributed by atoms with E-state index in [0.29, 0.717) is 12.0 Å². The number of nitro benzene ring substituents is 1. The van der Waals surface area contributed by atoms with Crippen LogP contribution >= 0.6 is 0 Å². The number of hydrogen-bond donors (Lipinski definition) is 3. The van der Waals surface area contributed by atoms with Gasteiger partial charge >= 0.3 is 0 Å². The Morgan fingerprint density at radius 2 is 2.17 bits per heavy atom. The maximum absolute atomic E-state index is 10.6. The topological polar surface area (TPSA) is 95.6 Å². The zero-order valence-electron chi connectivity index (χ0n) is 10.5. The second-order valence-corrected chi connectivity index (χ2v) is 4.50. The smallest absolute Gasteiger partial charge is 0.270 e. The molecule has 0 saturated carbocycles. The summed E-state index contributed by atoms with van der Waals surface area (Å²) in [5.41, 5.74) is -0.0824. The van der Waals surface area contributed by atoms with Crippen molar-refractivity contribution in [3.8, 4) is 5.75 Å². The summed E-state index contributed by atoms with van der Waals surface area (Å²) in [4.78, 5) is 10.1. The predicted octanol–water partition coefficient (Wildman–Crippen LogP) is 1.55. The molecule has 0 aromatic heterocycles. The average molecular weight is 254 g/mol. The van der Waals surface area contributed by atoms with Crippen LogP contribution < -0.4 is 5.32 Å². The minimum absolute atomic E-state index is 0.00416. The molecule has 1 unspecified atom stereocenters. The maximum atomic E-state index is 10.6. The molecular weight excluding hydrogens is 236 g/mol. The molecule has 6 nitrogen and oxygen atoms in total. The third kappa shape index (κ3) is 3.41. The Hall–Kier alpha value is -1.66. The van der Waals surface area contributed by atoms with Gasteiger partial charge in [0.25, 0.3) is 5.69 Å². The van der Waals surface area contributed by atoms with Crippen molar-refractivity contribution >= 4 is 5.69 Å². The summed E-state index contributed by atoms with van der Waals surface area (Å²) in [5, 5.41) is 32.6. The minimum atomic E-state index is -0.506. The molecule has 0 aliphatic heterocycles. The number of aromatic hydroxyl groups is 1. The fourth-order valence-corrected chi connectivity index (χ4v) is 1.43. The standard InChI is InChI=1S/C12H18N2O4/c1-3-12(2,8-15)13-7-9-6-10(14(17)18)4-5-11(9)16/h4-6,13,15-16H,3,7-8H2,1-2H3. The molecule has 0 aliphatic carbocycles. The van der Waals surface area contributed by atoms with E-state index in [-0.39, 0.29) is 24.6 Å². The lowest BCUT2D eigenvalue weighted by molar-refractivity contribution is -0.384. The van der Waals surface area contributed by atoms with Gasteiger partial charge in [0.1, 0.15) is 5.75 Å². The number of rotatable bonds is 6. The number of aliphatic hydroxyl groups is 1. The molecule has 0 spiro atoms. The van der Waals surface area contributed by atoms with Gasteiger partial charge in [-0.05, 0) is 19.4 Å². The lowest BCUT2D eigenvalue weighted by Crippen LogP contribution is -2.44. The minimum Gasteiger partial charge on any atom is -0.508 e. The second kappa shape index (κ2) is 5.79. The molecule has 0 fully saturated rings. The van der Waals surface area contributed by atoms with Crippen molar-refractivity contribution in [2.24, 2.45) is 0 Å². The molecule has 0 aliphatic rings. The van der Waals surface area contributed by atoms with Crippen molar-refractivity contribution in [2.75, 3.05) is 6.61 Å². The summed E-state index contributed by atoms with van der Waals surface area (Å²) in [6.07, 6.45) is 0.708. The molecule has 1 rings (SSSR count). The molecular formula is C12H18N2O4. The molecule has 18 heavy (non-hydrogen) atoms. The first-order valence-electron chi connectivity index (χ1n) is 5.74. The van der Waals surface area contributed by atoms with E-state index in [4.69, 9.17) is 0 Å². The fourth-order valence-electron chi connectivity index (χ4n) is 1.43. The molecule has 0 saturated heterocycles. The van der Waals surface area contributed by atoms with Gasteiger partial charge in [-0.25, -0.2) is 0 Å². The quantitative estimate of drug-likeness (QED) is 0.528. The Labute approximate surface area is 105 Å². The van der Waals surface area contributed by atoms with E-state index in [1.807, 2.05) is 13.8 Å². The van der Waals surface area contributed by atoms with E-state index in [1.54, 1.807) is 0 Å². The number of phenols is 1. The van der Waals surface area contributed by atoms with Crippen molar-refractivity contribution in [1.82, 2.24) is 5.32 Å². The number of non-ortho nitro benzene ring substituents is 1. The number of nitrogens with one attached hydrogen (secondary N) is 1. The summed E-state index contributed by atoms with van der Waals surface area (Å²) in [5.74, 6) is 0.00416. The van der Waals surface area contributed by atoms with Crippen LogP contribution in [0.3, 0.4) is 0 Å². The highest BCUT2D eigenvalue weighted by Crippen LogP contribution is 2.23.